The van der Waals surface area contributed by atoms with Gasteiger partial charge in [0.1, 0.15) is 12.0 Å². The summed E-state index contributed by atoms with van der Waals surface area (Å²) in [4.78, 5) is 9.59. The van der Waals surface area contributed by atoms with E-state index in [1.165, 1.54) is 0 Å². The number of alkyl halides is 1. The first-order valence-electron chi connectivity index (χ1n) is 7.05. The van der Waals surface area contributed by atoms with Crippen LogP contribution in [0.2, 0.25) is 0 Å². The van der Waals surface area contributed by atoms with Crippen LogP contribution in [0.15, 0.2) is 23.7 Å². The average molecular weight is 302 g/mol. The maximum atomic E-state index is 13.4. The third kappa shape index (κ3) is 3.59. The molecule has 1 N–H and O–H groups in total. The molecule has 0 spiro atoms. The van der Waals surface area contributed by atoms with Gasteiger partial charge in [0.25, 0.3) is 5.69 Å². The molecular weight excluding hydrogens is 285 g/mol. The second-order valence-electron chi connectivity index (χ2n) is 5.17. The van der Waals surface area contributed by atoms with E-state index in [2.05, 4.69) is 21.8 Å². The fraction of sp³-hybridized carbons (Fsp3) is 0.375. The number of pyridine rings is 1. The van der Waals surface area contributed by atoms with Crippen LogP contribution in [-0.4, -0.2) is 24.2 Å². The number of nitrogens with one attached hydrogen (secondary N) is 1. The number of aromatic nitrogens is 2. The molecule has 0 aromatic carbocycles. The number of halogens is 1. The predicted octanol–water partition coefficient (Wildman–Crippen LogP) is 2.60. The summed E-state index contributed by atoms with van der Waals surface area (Å²) in [7, 11) is 0. The lowest BCUT2D eigenvalue weighted by Crippen LogP contribution is -2.36. The van der Waals surface area contributed by atoms with Crippen LogP contribution in [0.4, 0.5) is 10.2 Å². The van der Waals surface area contributed by atoms with Crippen molar-refractivity contribution in [3.63, 3.8) is 0 Å². The van der Waals surface area contributed by atoms with Gasteiger partial charge >= 0.3 is 0 Å². The minimum Gasteiger partial charge on any atom is -0.354 e. The van der Waals surface area contributed by atoms with E-state index in [0.29, 0.717) is 13.0 Å². The van der Waals surface area contributed by atoms with Crippen LogP contribution in [0.25, 0.3) is 0 Å². The number of hydrogen-bond donors (Lipinski definition) is 0. The number of H-pyrrole nitrogens is 1. The second-order valence-corrected chi connectivity index (χ2v) is 6.25. The summed E-state index contributed by atoms with van der Waals surface area (Å²) in [5.41, 5.74) is 1.78. The Bertz CT molecular complexity index is 669. The largest absolute Gasteiger partial charge is 0.354 e. The number of aryl methyl sites for hydroxylation is 1. The van der Waals surface area contributed by atoms with Gasteiger partial charge in [0.05, 0.1) is 11.9 Å². The number of rotatable bonds is 1. The first-order chi connectivity index (χ1) is 10.2. The van der Waals surface area contributed by atoms with Gasteiger partial charge in [-0.25, -0.2) is 9.37 Å². The van der Waals surface area contributed by atoms with Gasteiger partial charge in [0.15, 0.2) is 0 Å². The number of piperidine rings is 1. The normalized spacial score (nSPS) is 18.2. The molecule has 5 heteroatoms. The highest BCUT2D eigenvalue weighted by atomic mass is 32.1. The third-order valence-corrected chi connectivity index (χ3v) is 4.25. The zero-order valence-electron chi connectivity index (χ0n) is 11.9. The lowest BCUT2D eigenvalue weighted by molar-refractivity contribution is -0.383. The summed E-state index contributed by atoms with van der Waals surface area (Å²) >= 11 is 1.65. The van der Waals surface area contributed by atoms with E-state index in [-0.39, 0.29) is 0 Å². The van der Waals surface area contributed by atoms with Gasteiger partial charge in [-0.15, -0.1) is 0 Å². The third-order valence-electron chi connectivity index (χ3n) is 3.44. The Morgan fingerprint density at radius 2 is 2.33 bits per heavy atom. The molecule has 1 aliphatic rings. The standard InChI is InChI=1S/C16H16FN3S/c1-12-19-15(11-21-12)6-4-13-5-7-16(18-9-13)20-8-2-3-14(17)10-20/h5,7,9,11,14H,2-3,8,10H2,1H3/p+1. The van der Waals surface area contributed by atoms with Crippen molar-refractivity contribution < 1.29 is 9.37 Å². The number of anilines is 1. The molecule has 2 aromatic heterocycles. The minimum absolute atomic E-state index is 0.446. The molecule has 1 unspecified atom stereocenters. The van der Waals surface area contributed by atoms with Crippen molar-refractivity contribution in [1.29, 1.82) is 0 Å². The summed E-state index contributed by atoms with van der Waals surface area (Å²) < 4.78 is 13.4. The highest BCUT2D eigenvalue weighted by Crippen LogP contribution is 2.19. The lowest BCUT2D eigenvalue weighted by atomic mass is 10.1. The van der Waals surface area contributed by atoms with Crippen molar-refractivity contribution in [2.24, 2.45) is 0 Å². The van der Waals surface area contributed by atoms with Crippen LogP contribution in [0, 0.1) is 18.8 Å². The maximum Gasteiger partial charge on any atom is 0.266 e. The predicted molar refractivity (Wildman–Crippen MR) is 82.2 cm³/mol. The summed E-state index contributed by atoms with van der Waals surface area (Å²) in [5, 5.41) is 3.14. The SMILES string of the molecule is Cc1[nH+]c(C#Cc2ccc(N3CCCC(F)C3)nc2)cs1. The van der Waals surface area contributed by atoms with Crippen molar-refractivity contribution in [3.8, 4) is 11.8 Å². The smallest absolute Gasteiger partial charge is 0.266 e. The van der Waals surface area contributed by atoms with Crippen LogP contribution in [0.5, 0.6) is 0 Å². The van der Waals surface area contributed by atoms with Crippen LogP contribution < -0.4 is 9.88 Å². The molecule has 0 saturated carbocycles. The van der Waals surface area contributed by atoms with E-state index in [1.54, 1.807) is 17.5 Å². The molecule has 1 fully saturated rings. The Kier molecular flexibility index (Phi) is 4.16. The van der Waals surface area contributed by atoms with Crippen molar-refractivity contribution in [1.82, 2.24) is 4.98 Å². The van der Waals surface area contributed by atoms with E-state index in [9.17, 15) is 4.39 Å². The Morgan fingerprint density at radius 3 is 3.00 bits per heavy atom. The van der Waals surface area contributed by atoms with Crippen LogP contribution >= 0.6 is 11.3 Å². The van der Waals surface area contributed by atoms with E-state index in [4.69, 9.17) is 0 Å². The monoisotopic (exact) mass is 302 g/mol. The molecular formula is C16H17FN3S+. The van der Waals surface area contributed by atoms with Gasteiger partial charge in [-0.05, 0) is 25.0 Å². The summed E-state index contributed by atoms with van der Waals surface area (Å²) in [6.07, 6.45) is 2.56. The Morgan fingerprint density at radius 1 is 1.43 bits per heavy atom. The van der Waals surface area contributed by atoms with Gasteiger partial charge in [-0.2, -0.15) is 4.98 Å². The van der Waals surface area contributed by atoms with Crippen molar-refractivity contribution in [3.05, 3.63) is 40.0 Å². The van der Waals surface area contributed by atoms with E-state index < -0.39 is 6.17 Å². The molecule has 0 bridgehead atoms. The van der Waals surface area contributed by atoms with Crippen molar-refractivity contribution in [2.45, 2.75) is 25.9 Å². The molecule has 3 nitrogen and oxygen atoms in total. The average Bonchev–Trinajstić information content (AvgIpc) is 2.91. The summed E-state index contributed by atoms with van der Waals surface area (Å²) in [6, 6.07) is 3.86. The quantitative estimate of drug-likeness (QED) is 0.758. The molecule has 0 aliphatic carbocycles. The number of thiazole rings is 1. The first-order valence-corrected chi connectivity index (χ1v) is 7.93. The van der Waals surface area contributed by atoms with Crippen LogP contribution in [0.3, 0.4) is 0 Å². The molecule has 3 heterocycles. The fourth-order valence-corrected chi connectivity index (χ4v) is 2.96. The minimum atomic E-state index is -0.739. The topological polar surface area (TPSA) is 30.3 Å². The second kappa shape index (κ2) is 6.23. The summed E-state index contributed by atoms with van der Waals surface area (Å²) in [6.45, 7) is 3.34. The highest BCUT2D eigenvalue weighted by Gasteiger charge is 2.19. The van der Waals surface area contributed by atoms with Crippen molar-refractivity contribution >= 4 is 17.2 Å². The molecule has 21 heavy (non-hydrogen) atoms. The first kappa shape index (κ1) is 14.0. The van der Waals surface area contributed by atoms with Crippen molar-refractivity contribution in [2.75, 3.05) is 18.0 Å². The number of hydrogen-bond acceptors (Lipinski definition) is 3. The number of aromatic amines is 1. The molecule has 1 saturated heterocycles. The van der Waals surface area contributed by atoms with Crippen LogP contribution in [-0.2, 0) is 0 Å². The fourth-order valence-electron chi connectivity index (χ4n) is 2.38. The molecule has 0 amide bonds. The Hall–Kier alpha value is -1.93. The summed E-state index contributed by atoms with van der Waals surface area (Å²) in [5.74, 6) is 7.00. The molecule has 1 atom stereocenters. The zero-order valence-corrected chi connectivity index (χ0v) is 12.7. The highest BCUT2D eigenvalue weighted by molar-refractivity contribution is 7.09. The maximum absolute atomic E-state index is 13.4. The van der Waals surface area contributed by atoms with Gasteiger partial charge < -0.3 is 4.90 Å². The number of nitrogens with zero attached hydrogens (tertiary/aromatic N) is 2. The van der Waals surface area contributed by atoms with Gasteiger partial charge in [0, 0.05) is 31.1 Å². The Labute approximate surface area is 127 Å². The molecule has 2 aromatic rings. The van der Waals surface area contributed by atoms with Gasteiger partial charge in [0.2, 0.25) is 5.01 Å². The molecule has 108 valence electrons. The van der Waals surface area contributed by atoms with E-state index in [1.807, 2.05) is 29.3 Å². The molecule has 0 radical (unpaired) electrons. The van der Waals surface area contributed by atoms with E-state index >= 15 is 0 Å². The van der Waals surface area contributed by atoms with Gasteiger partial charge in [-0.3, -0.25) is 0 Å². The molecule has 1 aliphatic heterocycles. The molecule has 3 rings (SSSR count). The lowest BCUT2D eigenvalue weighted by Gasteiger charge is -2.29. The zero-order chi connectivity index (χ0) is 14.7. The van der Waals surface area contributed by atoms with Gasteiger partial charge in [-0.1, -0.05) is 17.3 Å². The van der Waals surface area contributed by atoms with E-state index in [0.717, 1.165) is 35.0 Å². The van der Waals surface area contributed by atoms with Crippen LogP contribution in [0.1, 0.15) is 29.1 Å². The Balaban J connectivity index is 1.71.